The van der Waals surface area contributed by atoms with Gasteiger partial charge in [-0.25, -0.2) is 0 Å². The number of hydrogen-bond acceptors (Lipinski definition) is 3. The van der Waals surface area contributed by atoms with Crippen molar-refractivity contribution in [3.63, 3.8) is 0 Å². The van der Waals surface area contributed by atoms with Crippen molar-refractivity contribution in [2.45, 2.75) is 38.0 Å². The van der Waals surface area contributed by atoms with Gasteiger partial charge in [0, 0.05) is 6.54 Å². The molecule has 4 nitrogen and oxygen atoms in total. The summed E-state index contributed by atoms with van der Waals surface area (Å²) in [6, 6.07) is 10.2. The highest BCUT2D eigenvalue weighted by atomic mass is 16.1. The van der Waals surface area contributed by atoms with Crippen LogP contribution in [0.2, 0.25) is 0 Å². The molecule has 0 spiro atoms. The van der Waals surface area contributed by atoms with Crippen LogP contribution in [0.5, 0.6) is 0 Å². The highest BCUT2D eigenvalue weighted by molar-refractivity contribution is 5.91. The number of amidine groups is 1. The molecule has 1 saturated carbocycles. The zero-order valence-electron chi connectivity index (χ0n) is 13.1. The van der Waals surface area contributed by atoms with Gasteiger partial charge >= 0.3 is 0 Å². The molecule has 22 heavy (non-hydrogen) atoms. The highest BCUT2D eigenvalue weighted by Crippen LogP contribution is 2.36. The summed E-state index contributed by atoms with van der Waals surface area (Å²) in [4.78, 5) is 17.1. The predicted molar refractivity (Wildman–Crippen MR) is 89.1 cm³/mol. The molecular formula is C18H25N3O. The number of benzene rings is 1. The van der Waals surface area contributed by atoms with E-state index >= 15 is 0 Å². The molecule has 2 N–H and O–H groups in total. The van der Waals surface area contributed by atoms with Gasteiger partial charge in [-0.1, -0.05) is 49.6 Å². The van der Waals surface area contributed by atoms with Gasteiger partial charge in [-0.2, -0.15) is 0 Å². The number of hydrogen-bond donors (Lipinski definition) is 2. The molecule has 118 valence electrons. The molecule has 4 heteroatoms. The van der Waals surface area contributed by atoms with Gasteiger partial charge in [-0.15, -0.1) is 0 Å². The lowest BCUT2D eigenvalue weighted by Gasteiger charge is -2.29. The standard InChI is InChI=1S/C18H25N3O/c22-18(21-13-16-19-11-12-20-16)17(14-7-3-1-4-8-14)15-9-5-2-6-10-15/h1,3-4,7-8,15,17H,2,5-6,9-13H2,(H,19,20)(H,21,22). The van der Waals surface area contributed by atoms with E-state index in [4.69, 9.17) is 0 Å². The molecule has 2 aliphatic rings. The van der Waals surface area contributed by atoms with Crippen LogP contribution in [0.1, 0.15) is 43.6 Å². The van der Waals surface area contributed by atoms with Gasteiger partial charge < -0.3 is 10.6 Å². The molecule has 1 unspecified atom stereocenters. The van der Waals surface area contributed by atoms with Crippen LogP contribution < -0.4 is 10.6 Å². The summed E-state index contributed by atoms with van der Waals surface area (Å²) < 4.78 is 0. The molecule has 1 aliphatic carbocycles. The number of nitrogens with zero attached hydrogens (tertiary/aromatic N) is 1. The zero-order valence-corrected chi connectivity index (χ0v) is 13.1. The van der Waals surface area contributed by atoms with E-state index in [1.54, 1.807) is 0 Å². The van der Waals surface area contributed by atoms with Crippen LogP contribution in [0.4, 0.5) is 0 Å². The van der Waals surface area contributed by atoms with Crippen molar-refractivity contribution in [2.24, 2.45) is 10.9 Å². The summed E-state index contributed by atoms with van der Waals surface area (Å²) >= 11 is 0. The number of aliphatic imine (C=N–C) groups is 1. The molecule has 1 aliphatic heterocycles. The van der Waals surface area contributed by atoms with Gasteiger partial charge in [0.05, 0.1) is 19.0 Å². The summed E-state index contributed by atoms with van der Waals surface area (Å²) in [7, 11) is 0. The Labute approximate surface area is 132 Å². The van der Waals surface area contributed by atoms with Crippen molar-refractivity contribution in [2.75, 3.05) is 19.6 Å². The van der Waals surface area contributed by atoms with Gasteiger partial charge in [0.2, 0.25) is 5.91 Å². The van der Waals surface area contributed by atoms with Gasteiger partial charge in [-0.3, -0.25) is 9.79 Å². The topological polar surface area (TPSA) is 53.5 Å². The zero-order chi connectivity index (χ0) is 15.2. The van der Waals surface area contributed by atoms with Gasteiger partial charge in [0.1, 0.15) is 5.84 Å². The largest absolute Gasteiger partial charge is 0.370 e. The van der Waals surface area contributed by atoms with Crippen LogP contribution in [0.3, 0.4) is 0 Å². The van der Waals surface area contributed by atoms with Crippen molar-refractivity contribution < 1.29 is 4.79 Å². The van der Waals surface area contributed by atoms with E-state index in [0.29, 0.717) is 12.5 Å². The van der Waals surface area contributed by atoms with Crippen molar-refractivity contribution in [1.82, 2.24) is 10.6 Å². The molecule has 1 atom stereocenters. The minimum atomic E-state index is -0.0245. The van der Waals surface area contributed by atoms with Crippen molar-refractivity contribution >= 4 is 11.7 Å². The first-order valence-corrected chi connectivity index (χ1v) is 8.44. The Morgan fingerprint density at radius 2 is 2.00 bits per heavy atom. The lowest BCUT2D eigenvalue weighted by Crippen LogP contribution is -2.39. The fraction of sp³-hybridized carbons (Fsp3) is 0.556. The molecule has 0 saturated heterocycles. The Morgan fingerprint density at radius 1 is 1.23 bits per heavy atom. The Kier molecular flexibility index (Phi) is 5.09. The van der Waals surface area contributed by atoms with Crippen molar-refractivity contribution in [1.29, 1.82) is 0 Å². The Morgan fingerprint density at radius 3 is 2.68 bits per heavy atom. The molecule has 1 heterocycles. The predicted octanol–water partition coefficient (Wildman–Crippen LogP) is 2.47. The Hall–Kier alpha value is -1.84. The van der Waals surface area contributed by atoms with Crippen LogP contribution in [-0.2, 0) is 4.79 Å². The van der Waals surface area contributed by atoms with Crippen LogP contribution in [0.15, 0.2) is 35.3 Å². The minimum Gasteiger partial charge on any atom is -0.370 e. The summed E-state index contributed by atoms with van der Waals surface area (Å²) in [5, 5.41) is 6.29. The lowest BCUT2D eigenvalue weighted by atomic mass is 9.76. The second-order valence-electron chi connectivity index (χ2n) is 6.26. The normalized spacial score (nSPS) is 20.1. The summed E-state index contributed by atoms with van der Waals surface area (Å²) in [6.07, 6.45) is 6.11. The maximum atomic E-state index is 12.8. The van der Waals surface area contributed by atoms with Crippen LogP contribution in [0.25, 0.3) is 0 Å². The number of amides is 1. The fourth-order valence-corrected chi connectivity index (χ4v) is 3.61. The van der Waals surface area contributed by atoms with Gasteiger partial charge in [0.25, 0.3) is 0 Å². The lowest BCUT2D eigenvalue weighted by molar-refractivity contribution is -0.123. The quantitative estimate of drug-likeness (QED) is 0.877. The third-order valence-electron chi connectivity index (χ3n) is 4.74. The van der Waals surface area contributed by atoms with E-state index in [1.807, 2.05) is 18.2 Å². The molecular weight excluding hydrogens is 274 g/mol. The molecule has 0 aromatic heterocycles. The van der Waals surface area contributed by atoms with Gasteiger partial charge in [-0.05, 0) is 24.3 Å². The first-order chi connectivity index (χ1) is 10.8. The van der Waals surface area contributed by atoms with Crippen LogP contribution >= 0.6 is 0 Å². The van der Waals surface area contributed by atoms with E-state index in [1.165, 1.54) is 19.3 Å². The number of carbonyl (C=O) groups is 1. The summed E-state index contributed by atoms with van der Waals surface area (Å²) in [5.74, 6) is 1.50. The molecule has 3 rings (SSSR count). The first-order valence-electron chi connectivity index (χ1n) is 8.44. The second-order valence-corrected chi connectivity index (χ2v) is 6.26. The average Bonchev–Trinajstić information content (AvgIpc) is 3.09. The number of carbonyl (C=O) groups excluding carboxylic acids is 1. The molecule has 0 bridgehead atoms. The minimum absolute atomic E-state index is 0.0245. The van der Waals surface area contributed by atoms with E-state index in [0.717, 1.165) is 37.3 Å². The second kappa shape index (κ2) is 7.43. The first kappa shape index (κ1) is 15.1. The maximum absolute atomic E-state index is 12.8. The summed E-state index contributed by atoms with van der Waals surface area (Å²) in [6.45, 7) is 2.22. The van der Waals surface area contributed by atoms with Crippen molar-refractivity contribution in [3.8, 4) is 0 Å². The van der Waals surface area contributed by atoms with E-state index in [-0.39, 0.29) is 11.8 Å². The third kappa shape index (κ3) is 3.67. The molecule has 1 amide bonds. The summed E-state index contributed by atoms with van der Waals surface area (Å²) in [5.41, 5.74) is 1.15. The maximum Gasteiger partial charge on any atom is 0.228 e. The van der Waals surface area contributed by atoms with Gasteiger partial charge in [0.15, 0.2) is 0 Å². The number of rotatable bonds is 5. The van der Waals surface area contributed by atoms with E-state index < -0.39 is 0 Å². The van der Waals surface area contributed by atoms with Crippen LogP contribution in [-0.4, -0.2) is 31.4 Å². The molecule has 1 fully saturated rings. The third-order valence-corrected chi connectivity index (χ3v) is 4.74. The number of nitrogens with one attached hydrogen (secondary N) is 2. The monoisotopic (exact) mass is 299 g/mol. The van der Waals surface area contributed by atoms with Crippen molar-refractivity contribution in [3.05, 3.63) is 35.9 Å². The average molecular weight is 299 g/mol. The SMILES string of the molecule is O=C(NCC1=NCCN1)C(c1ccccc1)C1CCCCC1. The van der Waals surface area contributed by atoms with E-state index in [9.17, 15) is 4.79 Å². The molecule has 1 aromatic carbocycles. The molecule has 1 aromatic rings. The Bertz CT molecular complexity index is 520. The van der Waals surface area contributed by atoms with E-state index in [2.05, 4.69) is 27.8 Å². The van der Waals surface area contributed by atoms with Crippen LogP contribution in [0, 0.1) is 5.92 Å². The smallest absolute Gasteiger partial charge is 0.228 e. The molecule has 0 radical (unpaired) electrons. The Balaban J connectivity index is 1.70. The highest BCUT2D eigenvalue weighted by Gasteiger charge is 2.30. The fourth-order valence-electron chi connectivity index (χ4n) is 3.61.